The minimum Gasteiger partial charge on any atom is -0.394 e. The number of carbonyl (C=O) groups excluding carboxylic acids is 5. The van der Waals surface area contributed by atoms with E-state index in [2.05, 4.69) is 45.7 Å². The van der Waals surface area contributed by atoms with Crippen LogP contribution in [0.5, 0.6) is 0 Å². The van der Waals surface area contributed by atoms with Crippen LogP contribution in [0.3, 0.4) is 0 Å². The maximum Gasteiger partial charge on any atom is 0.220 e. The van der Waals surface area contributed by atoms with Crippen LogP contribution in [0, 0.1) is 0 Å². The SMILES string of the molecule is CCCCCC/C=C\CCCCCCCCCC(=O)NC1[C@H](O[C@@H]2C(CO)O[C@@H](O[C@@H]3C(CO)O[C@@H](O[C@@H]4C(CO)O[C@@H](O[C@@H]5C(CO[C@@H]6OC(C)[C@@H](O)[C@@H](O)C6OC)O[C@@H](O)C(NC(C)=O)[C@H]5O)C(NC(C)=O)[C@H]4O)C(NC(C)=O)[C@H]3O)C(NC(C)=O)[C@H]2O)OC(CO)[C@@H](O)[C@@H]1O. The number of ether oxygens (including phenoxy) is 12. The number of nitrogens with one attached hydrogen (secondary N) is 5. The molecule has 6 saturated heterocycles. The average Bonchev–Trinajstić information content (AvgIpc) is 0.773. The molecule has 12 unspecified atom stereocenters. The van der Waals surface area contributed by atoms with Gasteiger partial charge >= 0.3 is 0 Å². The Morgan fingerprint density at radius 3 is 1.16 bits per heavy atom. The minimum atomic E-state index is -2.05. The molecular weight excluding hydrogens is 1310 g/mol. The molecule has 0 aromatic rings. The van der Waals surface area contributed by atoms with Crippen molar-refractivity contribution in [2.24, 2.45) is 0 Å². The van der Waals surface area contributed by atoms with Gasteiger partial charge in [0, 0.05) is 41.2 Å². The number of aliphatic hydroxyl groups is 13. The Labute approximate surface area is 569 Å². The van der Waals surface area contributed by atoms with Crippen LogP contribution >= 0.6 is 0 Å². The van der Waals surface area contributed by atoms with Gasteiger partial charge in [0.2, 0.25) is 29.5 Å². The number of methoxy groups -OCH3 is 1. The smallest absolute Gasteiger partial charge is 0.220 e. The predicted molar refractivity (Wildman–Crippen MR) is 334 cm³/mol. The summed E-state index contributed by atoms with van der Waals surface area (Å²) < 4.78 is 71.9. The van der Waals surface area contributed by atoms with Gasteiger partial charge in [-0.05, 0) is 39.0 Å². The highest BCUT2D eigenvalue weighted by molar-refractivity contribution is 5.76. The fraction of sp³-hybridized carbons (Fsp3) is 0.889. The molecule has 35 nitrogen and oxygen atoms in total. The number of allylic oxidation sites excluding steroid dienone is 2. The van der Waals surface area contributed by atoms with Crippen molar-refractivity contribution in [3.8, 4) is 0 Å². The van der Waals surface area contributed by atoms with Crippen LogP contribution in [0.15, 0.2) is 12.2 Å². The van der Waals surface area contributed by atoms with E-state index in [1.165, 1.54) is 39.7 Å². The molecule has 0 aliphatic carbocycles. The second-order valence-corrected chi connectivity index (χ2v) is 25.9. The number of rotatable bonds is 36. The maximum absolute atomic E-state index is 13.4. The third-order valence-corrected chi connectivity index (χ3v) is 18.3. The van der Waals surface area contributed by atoms with Gasteiger partial charge in [0.25, 0.3) is 0 Å². The highest BCUT2D eigenvalue weighted by Gasteiger charge is 2.58. The minimum absolute atomic E-state index is 0.0169. The van der Waals surface area contributed by atoms with Gasteiger partial charge in [-0.2, -0.15) is 0 Å². The van der Waals surface area contributed by atoms with E-state index in [0.29, 0.717) is 6.42 Å². The molecule has 98 heavy (non-hydrogen) atoms. The highest BCUT2D eigenvalue weighted by atomic mass is 16.8. The van der Waals surface area contributed by atoms with E-state index < -0.39 is 246 Å². The first-order valence-corrected chi connectivity index (χ1v) is 34.0. The van der Waals surface area contributed by atoms with Crippen molar-refractivity contribution in [1.82, 2.24) is 26.6 Å². The van der Waals surface area contributed by atoms with E-state index in [9.17, 15) is 90.4 Å². The van der Waals surface area contributed by atoms with Crippen LogP contribution in [0.4, 0.5) is 0 Å². The van der Waals surface area contributed by atoms with E-state index in [4.69, 9.17) is 56.8 Å². The van der Waals surface area contributed by atoms with Crippen LogP contribution in [0.1, 0.15) is 131 Å². The molecule has 0 bridgehead atoms. The summed E-state index contributed by atoms with van der Waals surface area (Å²) in [4.78, 5) is 64.5. The van der Waals surface area contributed by atoms with Gasteiger partial charge in [-0.1, -0.05) is 70.4 Å². The summed E-state index contributed by atoms with van der Waals surface area (Å²) in [6.07, 6.45) is -24.7. The number of hydrogen-bond acceptors (Lipinski definition) is 30. The normalized spacial score (nSPS) is 40.0. The van der Waals surface area contributed by atoms with Crippen molar-refractivity contribution in [2.45, 2.75) is 315 Å². The van der Waals surface area contributed by atoms with Gasteiger partial charge in [-0.25, -0.2) is 0 Å². The van der Waals surface area contributed by atoms with E-state index in [-0.39, 0.29) is 6.42 Å². The molecule has 30 atom stereocenters. The standard InChI is InChI=1S/C63H109N5O30/c1-8-9-10-11-12-13-14-15-16-17-18-19-20-21-22-23-39(77)68-41-47(80)46(79)34(24-69)91-59(41)95-53-35(25-70)92-60(42(49(53)82)65-31(4)74)96-54-36(26-71)93-61(43(50(54)83)66-32(5)75)97-55-37(27-72)94-62(44(51(55)84)67-33(6)76)98-56-38(90-58(86)40(48(56)81)64-30(3)73)28-88-63-57(87-7)52(85)45(78)29(2)89-63/h13-14,29,34-38,40-63,69-72,78-86H,8-12,15-28H2,1-7H3,(H,64,73)(H,65,74)(H,66,75)(H,67,76)(H,68,77)/b14-13-/t29?,34?,35?,36?,37?,38?,40?,41?,42?,43?,44?,45-,46-,47-,48-,49-,50-,51-,52-,53-,54-,55-,56-,57?,58-,59+,60+,61+,62+,63-/m1/s1. The van der Waals surface area contributed by atoms with Crippen molar-refractivity contribution in [3.63, 3.8) is 0 Å². The van der Waals surface area contributed by atoms with E-state index >= 15 is 0 Å². The largest absolute Gasteiger partial charge is 0.394 e. The zero-order chi connectivity index (χ0) is 72.1. The lowest BCUT2D eigenvalue weighted by Gasteiger charge is -2.51. The van der Waals surface area contributed by atoms with Crippen molar-refractivity contribution in [1.29, 1.82) is 0 Å². The second kappa shape index (κ2) is 40.8. The molecule has 6 heterocycles. The monoisotopic (exact) mass is 1420 g/mol. The molecule has 0 aromatic heterocycles. The van der Waals surface area contributed by atoms with Crippen LogP contribution in [-0.4, -0.2) is 320 Å². The Hall–Kier alpha value is -3.91. The van der Waals surface area contributed by atoms with E-state index in [1.807, 2.05) is 0 Å². The first kappa shape index (κ1) is 83.0. The predicted octanol–water partition coefficient (Wildman–Crippen LogP) is -5.68. The Balaban J connectivity index is 1.15. The number of unbranched alkanes of at least 4 members (excludes halogenated alkanes) is 11. The van der Waals surface area contributed by atoms with Crippen LogP contribution in [-0.2, 0) is 80.8 Å². The summed E-state index contributed by atoms with van der Waals surface area (Å²) in [6, 6.07) is -8.35. The third kappa shape index (κ3) is 22.5. The number of aliphatic hydroxyl groups excluding tert-OH is 13. The van der Waals surface area contributed by atoms with Gasteiger partial charge in [0.1, 0.15) is 140 Å². The molecule has 5 amide bonds. The fourth-order valence-corrected chi connectivity index (χ4v) is 13.0. The Morgan fingerprint density at radius 2 is 0.755 bits per heavy atom. The van der Waals surface area contributed by atoms with Crippen LogP contribution in [0.2, 0.25) is 0 Å². The summed E-state index contributed by atoms with van der Waals surface area (Å²) in [5.74, 6) is -3.71. The van der Waals surface area contributed by atoms with Gasteiger partial charge in [0.05, 0.1) is 39.1 Å². The average molecular weight is 1420 g/mol. The maximum atomic E-state index is 13.4. The topological polar surface area (TPSA) is 519 Å². The lowest BCUT2D eigenvalue weighted by atomic mass is 9.93. The summed E-state index contributed by atoms with van der Waals surface area (Å²) in [5, 5.41) is 158. The quantitative estimate of drug-likeness (QED) is 0.0205. The molecule has 6 aliphatic heterocycles. The first-order chi connectivity index (χ1) is 46.7. The molecule has 0 saturated carbocycles. The Morgan fingerprint density at radius 1 is 0.388 bits per heavy atom. The van der Waals surface area contributed by atoms with Crippen LogP contribution < -0.4 is 26.6 Å². The first-order valence-electron chi connectivity index (χ1n) is 34.0. The zero-order valence-corrected chi connectivity index (χ0v) is 56.7. The zero-order valence-electron chi connectivity index (χ0n) is 56.7. The van der Waals surface area contributed by atoms with Gasteiger partial charge in [0.15, 0.2) is 37.7 Å². The van der Waals surface area contributed by atoms with Crippen LogP contribution in [0.25, 0.3) is 0 Å². The lowest BCUT2D eigenvalue weighted by Crippen LogP contribution is -2.72. The molecule has 6 rings (SSSR count). The lowest BCUT2D eigenvalue weighted by molar-refractivity contribution is -0.368. The van der Waals surface area contributed by atoms with Crippen molar-refractivity contribution < 1.29 is 147 Å². The molecule has 18 N–H and O–H groups in total. The number of carbonyl (C=O) groups is 5. The van der Waals surface area contributed by atoms with Gasteiger partial charge < -0.3 is 150 Å². The summed E-state index contributed by atoms with van der Waals surface area (Å²) in [5.41, 5.74) is 0. The van der Waals surface area contributed by atoms with Gasteiger partial charge in [-0.3, -0.25) is 24.0 Å². The summed E-state index contributed by atoms with van der Waals surface area (Å²) >= 11 is 0. The molecule has 35 heteroatoms. The van der Waals surface area contributed by atoms with Crippen molar-refractivity contribution in [2.75, 3.05) is 40.1 Å². The van der Waals surface area contributed by atoms with E-state index in [0.717, 1.165) is 79.1 Å². The number of amides is 5. The molecule has 0 aromatic carbocycles. The Bertz CT molecular complexity index is 2450. The second-order valence-electron chi connectivity index (χ2n) is 25.9. The highest BCUT2D eigenvalue weighted by Crippen LogP contribution is 2.37. The molecule has 0 spiro atoms. The summed E-state index contributed by atoms with van der Waals surface area (Å²) in [6.45, 7) is 3.37. The fourth-order valence-electron chi connectivity index (χ4n) is 13.0. The Kier molecular flexibility index (Phi) is 34.6. The molecule has 6 aliphatic rings. The van der Waals surface area contributed by atoms with Crippen molar-refractivity contribution in [3.05, 3.63) is 12.2 Å². The molecule has 6 fully saturated rings. The summed E-state index contributed by atoms with van der Waals surface area (Å²) in [7, 11) is 1.21. The number of hydrogen-bond donors (Lipinski definition) is 18. The van der Waals surface area contributed by atoms with E-state index in [1.54, 1.807) is 0 Å². The van der Waals surface area contributed by atoms with Crippen molar-refractivity contribution >= 4 is 29.5 Å². The van der Waals surface area contributed by atoms with Gasteiger partial charge in [-0.15, -0.1) is 0 Å². The molecular formula is C63H109N5O30. The molecule has 0 radical (unpaired) electrons. The molecule has 566 valence electrons. The third-order valence-electron chi connectivity index (χ3n) is 18.3.